The molecular weight excluding hydrogens is 418 g/mol. The summed E-state index contributed by atoms with van der Waals surface area (Å²) in [4.78, 5) is 30.9. The summed E-state index contributed by atoms with van der Waals surface area (Å²) in [5, 5.41) is 0. The van der Waals surface area contributed by atoms with E-state index in [-0.39, 0.29) is 11.8 Å². The highest BCUT2D eigenvalue weighted by molar-refractivity contribution is 5.95. The summed E-state index contributed by atoms with van der Waals surface area (Å²) in [6.45, 7) is 4.28. The largest absolute Gasteiger partial charge is 0.437 e. The van der Waals surface area contributed by atoms with E-state index in [1.54, 1.807) is 24.7 Å². The molecule has 1 atom stereocenters. The maximum Gasteiger partial charge on any atom is 0.254 e. The molecule has 2 aromatic heterocycles. The third kappa shape index (κ3) is 5.12. The Morgan fingerprint density at radius 1 is 1.06 bits per heavy atom. The minimum absolute atomic E-state index is 0.0289. The normalized spacial score (nSPS) is 18.7. The molecule has 1 amide bonds. The lowest BCUT2D eigenvalue weighted by molar-refractivity contribution is 0.0705. The molecular formula is C25H27N5O3. The third-order valence-corrected chi connectivity index (χ3v) is 6.05. The van der Waals surface area contributed by atoms with E-state index < -0.39 is 0 Å². The zero-order valence-corrected chi connectivity index (χ0v) is 18.5. The number of amides is 1. The van der Waals surface area contributed by atoms with Crippen molar-refractivity contribution in [1.29, 1.82) is 0 Å². The number of ether oxygens (including phenoxy) is 2. The lowest BCUT2D eigenvalue weighted by Crippen LogP contribution is -2.40. The minimum Gasteiger partial charge on any atom is -0.437 e. The van der Waals surface area contributed by atoms with Crippen LogP contribution in [-0.4, -0.2) is 65.2 Å². The maximum atomic E-state index is 13.3. The van der Waals surface area contributed by atoms with Crippen LogP contribution in [0.15, 0.2) is 61.1 Å². The molecule has 0 bridgehead atoms. The number of carbonyl (C=O) groups excluding carboxylic acids is 1. The second-order valence-corrected chi connectivity index (χ2v) is 8.29. The highest BCUT2D eigenvalue weighted by Gasteiger charge is 2.27. The maximum absolute atomic E-state index is 13.3. The molecule has 0 N–H and O–H groups in total. The Labute approximate surface area is 193 Å². The zero-order valence-electron chi connectivity index (χ0n) is 18.5. The van der Waals surface area contributed by atoms with E-state index in [0.29, 0.717) is 31.2 Å². The number of aromatic nitrogens is 3. The van der Waals surface area contributed by atoms with E-state index >= 15 is 0 Å². The Bertz CT molecular complexity index is 1090. The van der Waals surface area contributed by atoms with Gasteiger partial charge in [0.2, 0.25) is 5.88 Å². The van der Waals surface area contributed by atoms with Gasteiger partial charge >= 0.3 is 0 Å². The van der Waals surface area contributed by atoms with Gasteiger partial charge in [-0.25, -0.2) is 9.97 Å². The molecule has 2 saturated heterocycles. The molecule has 0 unspecified atom stereocenters. The number of benzene rings is 1. The molecule has 0 radical (unpaired) electrons. The van der Waals surface area contributed by atoms with E-state index in [9.17, 15) is 4.79 Å². The van der Waals surface area contributed by atoms with Crippen molar-refractivity contribution in [2.75, 3.05) is 44.3 Å². The number of nitrogens with zero attached hydrogens (tertiary/aromatic N) is 5. The summed E-state index contributed by atoms with van der Waals surface area (Å²) < 4.78 is 11.3. The monoisotopic (exact) mass is 445 g/mol. The number of piperidine rings is 1. The molecule has 8 heteroatoms. The average Bonchev–Trinajstić information content (AvgIpc) is 2.90. The van der Waals surface area contributed by atoms with Crippen LogP contribution in [0, 0.1) is 0 Å². The molecule has 0 saturated carbocycles. The Balaban J connectivity index is 1.28. The highest BCUT2D eigenvalue weighted by atomic mass is 16.5. The van der Waals surface area contributed by atoms with Gasteiger partial charge in [0.15, 0.2) is 0 Å². The van der Waals surface area contributed by atoms with Crippen LogP contribution in [0.2, 0.25) is 0 Å². The molecule has 33 heavy (non-hydrogen) atoms. The van der Waals surface area contributed by atoms with Crippen LogP contribution in [0.25, 0.3) is 0 Å². The molecule has 2 aliphatic rings. The summed E-state index contributed by atoms with van der Waals surface area (Å²) >= 11 is 0. The quantitative estimate of drug-likeness (QED) is 0.594. The number of pyridine rings is 1. The van der Waals surface area contributed by atoms with Gasteiger partial charge in [0, 0.05) is 50.1 Å². The van der Waals surface area contributed by atoms with Crippen LogP contribution in [0.5, 0.6) is 11.6 Å². The fraction of sp³-hybridized carbons (Fsp3) is 0.360. The van der Waals surface area contributed by atoms with Crippen molar-refractivity contribution >= 4 is 11.7 Å². The Morgan fingerprint density at radius 3 is 2.76 bits per heavy atom. The number of hydrogen-bond donors (Lipinski definition) is 0. The molecule has 0 aliphatic carbocycles. The molecule has 3 aromatic rings. The standard InChI is InChI=1S/C25H27N5O3/c31-25(19-8-9-27-23(15-19)29-11-13-32-14-12-29)30-10-4-5-20(18-30)22-16-26-17-24(28-22)33-21-6-2-1-3-7-21/h1-3,6-9,15-17,20H,4-5,10-14,18H2/t20-/m1/s1. The number of morpholine rings is 1. The molecule has 4 heterocycles. The topological polar surface area (TPSA) is 80.7 Å². The predicted molar refractivity (Wildman–Crippen MR) is 124 cm³/mol. The van der Waals surface area contributed by atoms with E-state index in [1.165, 1.54) is 0 Å². The SMILES string of the molecule is O=C(c1ccnc(N2CCOCC2)c1)N1CCC[C@@H](c2cncc(Oc3ccccc3)n2)C1. The van der Waals surface area contributed by atoms with Crippen molar-refractivity contribution in [2.45, 2.75) is 18.8 Å². The van der Waals surface area contributed by atoms with Gasteiger partial charge in [-0.05, 0) is 37.1 Å². The van der Waals surface area contributed by atoms with Crippen molar-refractivity contribution in [3.05, 3.63) is 72.3 Å². The summed E-state index contributed by atoms with van der Waals surface area (Å²) in [6.07, 6.45) is 6.99. The first kappa shape index (κ1) is 21.3. The van der Waals surface area contributed by atoms with Crippen molar-refractivity contribution in [1.82, 2.24) is 19.9 Å². The van der Waals surface area contributed by atoms with Gasteiger partial charge in [-0.2, -0.15) is 0 Å². The van der Waals surface area contributed by atoms with Gasteiger partial charge in [0.05, 0.1) is 25.1 Å². The fourth-order valence-electron chi connectivity index (χ4n) is 4.32. The van der Waals surface area contributed by atoms with Gasteiger partial charge in [0.1, 0.15) is 11.6 Å². The predicted octanol–water partition coefficient (Wildman–Crippen LogP) is 3.52. The van der Waals surface area contributed by atoms with Crippen molar-refractivity contribution in [3.8, 4) is 11.6 Å². The molecule has 170 valence electrons. The van der Waals surface area contributed by atoms with Gasteiger partial charge in [-0.15, -0.1) is 0 Å². The van der Waals surface area contributed by atoms with Crippen LogP contribution in [0.4, 0.5) is 5.82 Å². The minimum atomic E-state index is 0.0289. The van der Waals surface area contributed by atoms with Crippen LogP contribution in [0.3, 0.4) is 0 Å². The lowest BCUT2D eigenvalue weighted by Gasteiger charge is -2.33. The Morgan fingerprint density at radius 2 is 1.91 bits per heavy atom. The van der Waals surface area contributed by atoms with Crippen LogP contribution < -0.4 is 9.64 Å². The molecule has 0 spiro atoms. The van der Waals surface area contributed by atoms with Crippen molar-refractivity contribution in [2.24, 2.45) is 0 Å². The molecule has 2 fully saturated rings. The number of anilines is 1. The fourth-order valence-corrected chi connectivity index (χ4v) is 4.32. The molecule has 1 aromatic carbocycles. The lowest BCUT2D eigenvalue weighted by atomic mass is 9.94. The first-order valence-corrected chi connectivity index (χ1v) is 11.4. The Hall–Kier alpha value is -3.52. The third-order valence-electron chi connectivity index (χ3n) is 6.05. The molecule has 8 nitrogen and oxygen atoms in total. The van der Waals surface area contributed by atoms with Crippen LogP contribution in [0.1, 0.15) is 34.8 Å². The van der Waals surface area contributed by atoms with Gasteiger partial charge in [-0.1, -0.05) is 18.2 Å². The summed E-state index contributed by atoms with van der Waals surface area (Å²) in [5.41, 5.74) is 1.52. The van der Waals surface area contributed by atoms with Crippen LogP contribution >= 0.6 is 0 Å². The Kier molecular flexibility index (Phi) is 6.44. The van der Waals surface area contributed by atoms with Crippen LogP contribution in [-0.2, 0) is 4.74 Å². The van der Waals surface area contributed by atoms with Gasteiger partial charge in [-0.3, -0.25) is 9.78 Å². The average molecular weight is 446 g/mol. The highest BCUT2D eigenvalue weighted by Crippen LogP contribution is 2.28. The van der Waals surface area contributed by atoms with Crippen molar-refractivity contribution < 1.29 is 14.3 Å². The number of para-hydroxylation sites is 1. The summed E-state index contributed by atoms with van der Waals surface area (Å²) in [5.74, 6) is 2.16. The molecule has 2 aliphatic heterocycles. The van der Waals surface area contributed by atoms with E-state index in [0.717, 1.165) is 49.7 Å². The van der Waals surface area contributed by atoms with Crippen molar-refractivity contribution in [3.63, 3.8) is 0 Å². The van der Waals surface area contributed by atoms with Gasteiger partial charge in [0.25, 0.3) is 5.91 Å². The number of rotatable bonds is 5. The zero-order chi connectivity index (χ0) is 22.5. The number of likely N-dealkylation sites (tertiary alicyclic amines) is 1. The van der Waals surface area contributed by atoms with E-state index in [2.05, 4.69) is 19.9 Å². The van der Waals surface area contributed by atoms with Gasteiger partial charge < -0.3 is 19.3 Å². The summed E-state index contributed by atoms with van der Waals surface area (Å²) in [6, 6.07) is 13.2. The first-order chi connectivity index (χ1) is 16.3. The second-order valence-electron chi connectivity index (χ2n) is 8.29. The summed E-state index contributed by atoms with van der Waals surface area (Å²) in [7, 11) is 0. The first-order valence-electron chi connectivity index (χ1n) is 11.4. The second kappa shape index (κ2) is 9.95. The molecule has 5 rings (SSSR count). The van der Waals surface area contributed by atoms with E-state index in [1.807, 2.05) is 41.3 Å². The number of carbonyl (C=O) groups is 1. The smallest absolute Gasteiger partial charge is 0.254 e. The van der Waals surface area contributed by atoms with E-state index in [4.69, 9.17) is 9.47 Å². The number of hydrogen-bond acceptors (Lipinski definition) is 7.